The molecule has 0 unspecified atom stereocenters. The molecule has 1 aliphatic carbocycles. The fraction of sp³-hybridized carbons (Fsp3) is 0.455. The van der Waals surface area contributed by atoms with Crippen molar-refractivity contribution in [3.63, 3.8) is 0 Å². The van der Waals surface area contributed by atoms with Gasteiger partial charge in [0, 0.05) is 18.9 Å². The van der Waals surface area contributed by atoms with Crippen molar-refractivity contribution in [2.45, 2.75) is 19.3 Å². The molecule has 7 heteroatoms. The van der Waals surface area contributed by atoms with E-state index in [0.29, 0.717) is 11.9 Å². The summed E-state index contributed by atoms with van der Waals surface area (Å²) in [4.78, 5) is 12.4. The zero-order chi connectivity index (χ0) is 12.4. The van der Waals surface area contributed by atoms with Crippen molar-refractivity contribution in [2.75, 3.05) is 11.9 Å². The molecular weight excluding hydrogens is 252 g/mol. The van der Waals surface area contributed by atoms with Crippen molar-refractivity contribution in [3.8, 4) is 5.95 Å². The Morgan fingerprint density at radius 2 is 2.22 bits per heavy atom. The molecule has 0 atom stereocenters. The van der Waals surface area contributed by atoms with Gasteiger partial charge in [0.05, 0.1) is 0 Å². The highest BCUT2D eigenvalue weighted by Crippen LogP contribution is 2.26. The van der Waals surface area contributed by atoms with E-state index < -0.39 is 0 Å². The smallest absolute Gasteiger partial charge is 0.256 e. The summed E-state index contributed by atoms with van der Waals surface area (Å²) < 4.78 is 1.56. The first kappa shape index (κ1) is 11.4. The van der Waals surface area contributed by atoms with Crippen LogP contribution in [0.3, 0.4) is 0 Å². The normalized spacial score (nSPS) is 15.4. The Hall–Kier alpha value is -1.69. The number of rotatable bonds is 4. The summed E-state index contributed by atoms with van der Waals surface area (Å²) in [5.41, 5.74) is 0. The molecule has 1 N–H and O–H groups in total. The zero-order valence-electron chi connectivity index (χ0n) is 9.75. The third-order valence-corrected chi connectivity index (χ3v) is 3.25. The Morgan fingerprint density at radius 1 is 1.33 bits per heavy atom. The molecule has 18 heavy (non-hydrogen) atoms. The number of hydrogen-bond acceptors (Lipinski definition) is 5. The summed E-state index contributed by atoms with van der Waals surface area (Å²) in [6, 6.07) is 1.80. The van der Waals surface area contributed by atoms with Gasteiger partial charge in [0.15, 0.2) is 0 Å². The van der Waals surface area contributed by atoms with E-state index in [1.165, 1.54) is 19.3 Å². The van der Waals surface area contributed by atoms with Crippen LogP contribution < -0.4 is 5.32 Å². The monoisotopic (exact) mass is 264 g/mol. The van der Waals surface area contributed by atoms with Gasteiger partial charge in [0.1, 0.15) is 0 Å². The topological polar surface area (TPSA) is 68.5 Å². The molecule has 0 bridgehead atoms. The minimum atomic E-state index is 0.173. The molecule has 2 heterocycles. The third kappa shape index (κ3) is 2.43. The molecule has 1 aliphatic rings. The summed E-state index contributed by atoms with van der Waals surface area (Å²) in [6.45, 7) is 0.888. The molecule has 1 fully saturated rings. The maximum Gasteiger partial charge on any atom is 0.256 e. The predicted molar refractivity (Wildman–Crippen MR) is 67.8 cm³/mol. The molecule has 2 aromatic rings. The van der Waals surface area contributed by atoms with Gasteiger partial charge < -0.3 is 5.32 Å². The van der Waals surface area contributed by atoms with Gasteiger partial charge in [-0.2, -0.15) is 20.1 Å². The number of nitrogens with one attached hydrogen (secondary N) is 1. The first-order chi connectivity index (χ1) is 8.81. The minimum Gasteiger partial charge on any atom is -0.354 e. The largest absolute Gasteiger partial charge is 0.354 e. The Labute approximate surface area is 109 Å². The van der Waals surface area contributed by atoms with Crippen molar-refractivity contribution < 1.29 is 0 Å². The van der Waals surface area contributed by atoms with E-state index >= 15 is 0 Å². The molecule has 2 aromatic heterocycles. The Balaban J connectivity index is 1.77. The van der Waals surface area contributed by atoms with Crippen molar-refractivity contribution in [3.05, 3.63) is 23.7 Å². The van der Waals surface area contributed by atoms with Crippen LogP contribution in [0.5, 0.6) is 0 Å². The van der Waals surface area contributed by atoms with Crippen molar-refractivity contribution >= 4 is 17.5 Å². The lowest BCUT2D eigenvalue weighted by Gasteiger charge is -2.25. The van der Waals surface area contributed by atoms with Gasteiger partial charge in [-0.25, -0.2) is 4.68 Å². The second-order valence-corrected chi connectivity index (χ2v) is 4.69. The highest BCUT2D eigenvalue weighted by atomic mass is 35.5. The number of nitrogens with zero attached hydrogens (tertiary/aromatic N) is 5. The van der Waals surface area contributed by atoms with E-state index in [4.69, 9.17) is 11.6 Å². The molecule has 3 rings (SSSR count). The van der Waals surface area contributed by atoms with Crippen LogP contribution >= 0.6 is 11.6 Å². The Morgan fingerprint density at radius 3 is 2.89 bits per heavy atom. The van der Waals surface area contributed by atoms with Crippen LogP contribution in [0.2, 0.25) is 5.28 Å². The fourth-order valence-electron chi connectivity index (χ4n) is 1.84. The van der Waals surface area contributed by atoms with Gasteiger partial charge in [-0.3, -0.25) is 0 Å². The molecule has 6 nitrogen and oxygen atoms in total. The average Bonchev–Trinajstić information content (AvgIpc) is 2.79. The lowest BCUT2D eigenvalue weighted by Crippen LogP contribution is -2.22. The molecule has 0 aromatic carbocycles. The van der Waals surface area contributed by atoms with Crippen molar-refractivity contribution in [1.29, 1.82) is 0 Å². The van der Waals surface area contributed by atoms with Gasteiger partial charge in [0.2, 0.25) is 11.2 Å². The highest BCUT2D eigenvalue weighted by molar-refractivity contribution is 6.28. The SMILES string of the molecule is Clc1nc(NCC2CCC2)nc(-n2cccn2)n1. The van der Waals surface area contributed by atoms with Crippen molar-refractivity contribution in [2.24, 2.45) is 5.92 Å². The highest BCUT2D eigenvalue weighted by Gasteiger charge is 2.17. The fourth-order valence-corrected chi connectivity index (χ4v) is 2.00. The molecule has 0 radical (unpaired) electrons. The zero-order valence-corrected chi connectivity index (χ0v) is 10.5. The van der Waals surface area contributed by atoms with Crippen molar-refractivity contribution in [1.82, 2.24) is 24.7 Å². The van der Waals surface area contributed by atoms with E-state index in [2.05, 4.69) is 25.4 Å². The van der Waals surface area contributed by atoms with Crippen LogP contribution in [0.4, 0.5) is 5.95 Å². The molecule has 94 valence electrons. The summed E-state index contributed by atoms with van der Waals surface area (Å²) >= 11 is 5.89. The Kier molecular flexibility index (Phi) is 3.10. The van der Waals surface area contributed by atoms with Crippen LogP contribution in [0, 0.1) is 5.92 Å². The standard InChI is InChI=1S/C11H13ClN6/c12-9-15-10(13-7-8-3-1-4-8)17-11(16-9)18-6-2-5-14-18/h2,5-6,8H,1,3-4,7H2,(H,13,15,16,17). The molecule has 0 amide bonds. The van der Waals surface area contributed by atoms with E-state index in [1.807, 2.05) is 0 Å². The second-order valence-electron chi connectivity index (χ2n) is 4.36. The Bertz CT molecular complexity index is 522. The van der Waals surface area contributed by atoms with E-state index in [1.54, 1.807) is 23.1 Å². The third-order valence-electron chi connectivity index (χ3n) is 3.08. The molecule has 1 saturated carbocycles. The van der Waals surface area contributed by atoms with Gasteiger partial charge in [-0.05, 0) is 36.4 Å². The summed E-state index contributed by atoms with van der Waals surface area (Å²) in [6.07, 6.45) is 7.30. The van der Waals surface area contributed by atoms with Gasteiger partial charge >= 0.3 is 0 Å². The molecule has 0 saturated heterocycles. The number of anilines is 1. The van der Waals surface area contributed by atoms with E-state index in [9.17, 15) is 0 Å². The second kappa shape index (κ2) is 4.89. The van der Waals surface area contributed by atoms with Gasteiger partial charge in [0.25, 0.3) is 5.95 Å². The molecular formula is C11H13ClN6. The summed E-state index contributed by atoms with van der Waals surface area (Å²) in [5.74, 6) is 1.66. The van der Waals surface area contributed by atoms with Gasteiger partial charge in [-0.15, -0.1) is 0 Å². The quantitative estimate of drug-likeness (QED) is 0.914. The van der Waals surface area contributed by atoms with Crippen LogP contribution in [0.15, 0.2) is 18.5 Å². The van der Waals surface area contributed by atoms with Crippen LogP contribution in [-0.2, 0) is 0 Å². The first-order valence-electron chi connectivity index (χ1n) is 5.97. The minimum absolute atomic E-state index is 0.173. The van der Waals surface area contributed by atoms with E-state index in [-0.39, 0.29) is 5.28 Å². The van der Waals surface area contributed by atoms with Crippen LogP contribution in [0.25, 0.3) is 5.95 Å². The first-order valence-corrected chi connectivity index (χ1v) is 6.34. The number of aromatic nitrogens is 5. The number of halogens is 1. The average molecular weight is 265 g/mol. The van der Waals surface area contributed by atoms with Gasteiger partial charge in [-0.1, -0.05) is 6.42 Å². The summed E-state index contributed by atoms with van der Waals surface area (Å²) in [7, 11) is 0. The predicted octanol–water partition coefficient (Wildman–Crippen LogP) is 1.92. The maximum atomic E-state index is 5.89. The van der Waals surface area contributed by atoms with E-state index in [0.717, 1.165) is 12.5 Å². The lowest BCUT2D eigenvalue weighted by atomic mass is 9.85. The van der Waals surface area contributed by atoms with Crippen LogP contribution in [0.1, 0.15) is 19.3 Å². The molecule has 0 spiro atoms. The summed E-state index contributed by atoms with van der Waals surface area (Å²) in [5, 5.41) is 7.44. The maximum absolute atomic E-state index is 5.89. The molecule has 0 aliphatic heterocycles. The number of hydrogen-bond donors (Lipinski definition) is 1. The van der Waals surface area contributed by atoms with Crippen LogP contribution in [-0.4, -0.2) is 31.3 Å². The lowest BCUT2D eigenvalue weighted by molar-refractivity contribution is 0.333.